The standard InChI is InChI=1S/C19H22N2O2/c1-2-11-23-17-9-7-16(8-10-17)21-19(22)18-12-14-5-3-4-6-15(14)13-20-18/h3-10,18,20H,2,11-13H2,1H3,(H,21,22). The van der Waals surface area contributed by atoms with Crippen molar-refractivity contribution >= 4 is 11.6 Å². The third kappa shape index (κ3) is 3.90. The van der Waals surface area contributed by atoms with Crippen LogP contribution in [-0.4, -0.2) is 18.6 Å². The molecular formula is C19H22N2O2. The van der Waals surface area contributed by atoms with Crippen LogP contribution in [0.15, 0.2) is 48.5 Å². The van der Waals surface area contributed by atoms with Crippen molar-refractivity contribution in [1.29, 1.82) is 0 Å². The zero-order chi connectivity index (χ0) is 16.1. The monoisotopic (exact) mass is 310 g/mol. The fraction of sp³-hybridized carbons (Fsp3) is 0.316. The lowest BCUT2D eigenvalue weighted by Gasteiger charge is -2.25. The molecule has 1 unspecified atom stereocenters. The van der Waals surface area contributed by atoms with Gasteiger partial charge in [-0.1, -0.05) is 31.2 Å². The van der Waals surface area contributed by atoms with Gasteiger partial charge in [-0.05, 0) is 48.2 Å². The van der Waals surface area contributed by atoms with Gasteiger partial charge in [-0.15, -0.1) is 0 Å². The quantitative estimate of drug-likeness (QED) is 0.892. The van der Waals surface area contributed by atoms with Crippen molar-refractivity contribution in [1.82, 2.24) is 5.32 Å². The van der Waals surface area contributed by atoms with E-state index in [2.05, 4.69) is 29.7 Å². The molecule has 2 aromatic carbocycles. The Balaban J connectivity index is 1.59. The minimum Gasteiger partial charge on any atom is -0.494 e. The highest BCUT2D eigenvalue weighted by Crippen LogP contribution is 2.19. The topological polar surface area (TPSA) is 50.4 Å². The van der Waals surface area contributed by atoms with E-state index in [4.69, 9.17) is 4.74 Å². The highest BCUT2D eigenvalue weighted by atomic mass is 16.5. The number of anilines is 1. The largest absolute Gasteiger partial charge is 0.494 e. The Hall–Kier alpha value is -2.33. The molecule has 23 heavy (non-hydrogen) atoms. The second-order valence-corrected chi connectivity index (χ2v) is 5.77. The number of rotatable bonds is 5. The van der Waals surface area contributed by atoms with E-state index >= 15 is 0 Å². The highest BCUT2D eigenvalue weighted by molar-refractivity contribution is 5.95. The van der Waals surface area contributed by atoms with Gasteiger partial charge in [-0.3, -0.25) is 4.79 Å². The Morgan fingerprint density at radius 1 is 1.17 bits per heavy atom. The third-order valence-electron chi connectivity index (χ3n) is 3.99. The number of ether oxygens (including phenoxy) is 1. The predicted molar refractivity (Wildman–Crippen MR) is 91.6 cm³/mol. The first-order valence-electron chi connectivity index (χ1n) is 8.10. The fourth-order valence-corrected chi connectivity index (χ4v) is 2.72. The van der Waals surface area contributed by atoms with E-state index in [-0.39, 0.29) is 11.9 Å². The molecule has 0 radical (unpaired) electrons. The number of fused-ring (bicyclic) bond motifs is 1. The Kier molecular flexibility index (Phi) is 4.93. The molecule has 4 heteroatoms. The number of hydrogen-bond acceptors (Lipinski definition) is 3. The summed E-state index contributed by atoms with van der Waals surface area (Å²) in [5.74, 6) is 0.830. The lowest BCUT2D eigenvalue weighted by molar-refractivity contribution is -0.118. The van der Waals surface area contributed by atoms with Crippen LogP contribution in [0.5, 0.6) is 5.75 Å². The van der Waals surface area contributed by atoms with E-state index in [1.54, 1.807) is 0 Å². The first-order chi connectivity index (χ1) is 11.3. The molecule has 2 aromatic rings. The number of nitrogens with one attached hydrogen (secondary N) is 2. The maximum Gasteiger partial charge on any atom is 0.241 e. The second-order valence-electron chi connectivity index (χ2n) is 5.77. The van der Waals surface area contributed by atoms with Gasteiger partial charge in [0, 0.05) is 12.2 Å². The molecule has 0 saturated carbocycles. The Morgan fingerprint density at radius 2 is 1.91 bits per heavy atom. The van der Waals surface area contributed by atoms with Crippen molar-refractivity contribution in [2.24, 2.45) is 0 Å². The summed E-state index contributed by atoms with van der Waals surface area (Å²) in [5.41, 5.74) is 3.31. The predicted octanol–water partition coefficient (Wildman–Crippen LogP) is 3.13. The summed E-state index contributed by atoms with van der Waals surface area (Å²) < 4.78 is 5.55. The number of benzene rings is 2. The first kappa shape index (κ1) is 15.6. The molecular weight excluding hydrogens is 288 g/mol. The molecule has 1 atom stereocenters. The second kappa shape index (κ2) is 7.29. The summed E-state index contributed by atoms with van der Waals surface area (Å²) in [6, 6.07) is 15.6. The van der Waals surface area contributed by atoms with Crippen molar-refractivity contribution in [2.45, 2.75) is 32.4 Å². The number of amides is 1. The zero-order valence-corrected chi connectivity index (χ0v) is 13.3. The number of carbonyl (C=O) groups is 1. The van der Waals surface area contributed by atoms with Crippen LogP contribution in [0.2, 0.25) is 0 Å². The lowest BCUT2D eigenvalue weighted by Crippen LogP contribution is -2.44. The van der Waals surface area contributed by atoms with E-state index in [1.165, 1.54) is 11.1 Å². The van der Waals surface area contributed by atoms with Gasteiger partial charge in [0.15, 0.2) is 0 Å². The Morgan fingerprint density at radius 3 is 2.65 bits per heavy atom. The highest BCUT2D eigenvalue weighted by Gasteiger charge is 2.23. The van der Waals surface area contributed by atoms with Gasteiger partial charge < -0.3 is 15.4 Å². The van der Waals surface area contributed by atoms with E-state index < -0.39 is 0 Å². The van der Waals surface area contributed by atoms with E-state index in [0.29, 0.717) is 6.61 Å². The summed E-state index contributed by atoms with van der Waals surface area (Å²) in [7, 11) is 0. The molecule has 120 valence electrons. The van der Waals surface area contributed by atoms with Crippen LogP contribution in [0.4, 0.5) is 5.69 Å². The molecule has 0 fully saturated rings. The van der Waals surface area contributed by atoms with Gasteiger partial charge in [0.25, 0.3) is 0 Å². The molecule has 0 bridgehead atoms. The van der Waals surface area contributed by atoms with Crippen LogP contribution in [0.1, 0.15) is 24.5 Å². The molecule has 0 saturated heterocycles. The average molecular weight is 310 g/mol. The van der Waals surface area contributed by atoms with E-state index in [0.717, 1.165) is 30.8 Å². The van der Waals surface area contributed by atoms with Crippen LogP contribution in [-0.2, 0) is 17.8 Å². The summed E-state index contributed by atoms with van der Waals surface area (Å²) in [6.07, 6.45) is 1.70. The summed E-state index contributed by atoms with van der Waals surface area (Å²) >= 11 is 0. The van der Waals surface area contributed by atoms with Gasteiger partial charge in [0.05, 0.1) is 12.6 Å². The van der Waals surface area contributed by atoms with Crippen molar-refractivity contribution in [3.8, 4) is 5.75 Å². The maximum atomic E-state index is 12.4. The van der Waals surface area contributed by atoms with Crippen LogP contribution >= 0.6 is 0 Å². The average Bonchev–Trinajstić information content (AvgIpc) is 2.60. The van der Waals surface area contributed by atoms with Crippen LogP contribution < -0.4 is 15.4 Å². The fourth-order valence-electron chi connectivity index (χ4n) is 2.72. The van der Waals surface area contributed by atoms with Crippen LogP contribution in [0.25, 0.3) is 0 Å². The van der Waals surface area contributed by atoms with Crippen LogP contribution in [0, 0.1) is 0 Å². The molecule has 0 spiro atoms. The van der Waals surface area contributed by atoms with E-state index in [9.17, 15) is 4.79 Å². The summed E-state index contributed by atoms with van der Waals surface area (Å²) in [4.78, 5) is 12.4. The molecule has 1 aliphatic rings. The summed E-state index contributed by atoms with van der Waals surface area (Å²) in [6.45, 7) is 3.51. The molecule has 0 aliphatic carbocycles. The van der Waals surface area contributed by atoms with Gasteiger partial charge in [0.1, 0.15) is 5.75 Å². The molecule has 4 nitrogen and oxygen atoms in total. The molecule has 1 amide bonds. The molecule has 0 aromatic heterocycles. The third-order valence-corrected chi connectivity index (χ3v) is 3.99. The van der Waals surface area contributed by atoms with Crippen molar-refractivity contribution in [3.05, 3.63) is 59.7 Å². The zero-order valence-electron chi connectivity index (χ0n) is 13.3. The molecule has 1 heterocycles. The normalized spacial score (nSPS) is 16.5. The Labute approximate surface area is 136 Å². The van der Waals surface area contributed by atoms with Crippen molar-refractivity contribution in [2.75, 3.05) is 11.9 Å². The molecule has 3 rings (SSSR count). The van der Waals surface area contributed by atoms with Gasteiger partial charge in [0.2, 0.25) is 5.91 Å². The number of carbonyl (C=O) groups excluding carboxylic acids is 1. The first-order valence-corrected chi connectivity index (χ1v) is 8.10. The summed E-state index contributed by atoms with van der Waals surface area (Å²) in [5, 5.41) is 6.27. The van der Waals surface area contributed by atoms with Gasteiger partial charge >= 0.3 is 0 Å². The minimum absolute atomic E-state index is 0.00160. The lowest BCUT2D eigenvalue weighted by atomic mass is 9.95. The van der Waals surface area contributed by atoms with Crippen molar-refractivity contribution in [3.63, 3.8) is 0 Å². The smallest absolute Gasteiger partial charge is 0.241 e. The van der Waals surface area contributed by atoms with Gasteiger partial charge in [-0.2, -0.15) is 0 Å². The maximum absolute atomic E-state index is 12.4. The minimum atomic E-state index is -0.194. The van der Waals surface area contributed by atoms with Gasteiger partial charge in [-0.25, -0.2) is 0 Å². The Bertz CT molecular complexity index is 667. The van der Waals surface area contributed by atoms with Crippen molar-refractivity contribution < 1.29 is 9.53 Å². The SMILES string of the molecule is CCCOc1ccc(NC(=O)C2Cc3ccccc3CN2)cc1. The van der Waals surface area contributed by atoms with E-state index in [1.807, 2.05) is 36.4 Å². The molecule has 1 aliphatic heterocycles. The van der Waals surface area contributed by atoms with Crippen LogP contribution in [0.3, 0.4) is 0 Å². The molecule has 2 N–H and O–H groups in total. The number of hydrogen-bond donors (Lipinski definition) is 2.